The quantitative estimate of drug-likeness (QED) is 0.142. The fourth-order valence-electron chi connectivity index (χ4n) is 1.12. The fraction of sp³-hybridized carbons (Fsp3) is 0.625. The molecule has 0 saturated carbocycles. The van der Waals surface area contributed by atoms with Gasteiger partial charge in [-0.2, -0.15) is 0 Å². The Hall–Kier alpha value is -0.876. The maximum absolute atomic E-state index is 9.83. The number of rotatable bonds is 4. The van der Waals surface area contributed by atoms with Crippen LogP contribution in [0, 0.1) is 73.1 Å². The van der Waals surface area contributed by atoms with E-state index in [1.54, 1.807) is 0 Å². The van der Waals surface area contributed by atoms with Crippen molar-refractivity contribution in [2.45, 2.75) is 48.0 Å². The van der Waals surface area contributed by atoms with E-state index in [2.05, 4.69) is 46.1 Å². The molecule has 0 heterocycles. The van der Waals surface area contributed by atoms with Gasteiger partial charge >= 0.3 is 31.1 Å². The van der Waals surface area contributed by atoms with Crippen molar-refractivity contribution in [2.24, 2.45) is 53.7 Å². The molecule has 0 aliphatic rings. The van der Waals surface area contributed by atoms with Crippen molar-refractivity contribution < 1.29 is 71.8 Å². The summed E-state index contributed by atoms with van der Waals surface area (Å²) in [5.41, 5.74) is 21.4. The van der Waals surface area contributed by atoms with Gasteiger partial charge in [-0.25, -0.2) is 0 Å². The molecular weight excluding hydrogens is 826 g/mol. The van der Waals surface area contributed by atoms with Crippen LogP contribution in [0.15, 0.2) is 20.0 Å². The number of nitrogens with zero attached hydrogens (tertiary/aromatic N) is 4. The molecule has 9 N–H and O–H groups in total. The molecule has 0 radical (unpaired) electrons. The zero-order valence-electron chi connectivity index (χ0n) is 17.8. The van der Waals surface area contributed by atoms with Crippen molar-refractivity contribution in [3.8, 4) is 0 Å². The van der Waals surface area contributed by atoms with Gasteiger partial charge in [0.05, 0.1) is 24.6 Å². The Balaban J connectivity index is -0.000000206. The summed E-state index contributed by atoms with van der Waals surface area (Å²) < 4.78 is 0. The van der Waals surface area contributed by atoms with E-state index >= 15 is 0 Å². The summed E-state index contributed by atoms with van der Waals surface area (Å²) in [5, 5.41) is 2.46. The first-order chi connectivity index (χ1) is 12.2. The predicted molar refractivity (Wildman–Crippen MR) is 109 cm³/mol. The van der Waals surface area contributed by atoms with Crippen LogP contribution in [0.4, 0.5) is 0 Å². The van der Waals surface area contributed by atoms with Gasteiger partial charge in [-0.05, 0) is 11.8 Å². The van der Waals surface area contributed by atoms with Crippen molar-refractivity contribution in [3.05, 3.63) is 0 Å². The maximum Gasteiger partial charge on any atom is 2.00 e. The van der Waals surface area contributed by atoms with Crippen LogP contribution >= 0.6 is 0 Å². The van der Waals surface area contributed by atoms with Gasteiger partial charge in [0, 0.05) is 49.0 Å². The molecule has 0 atom stereocenters. The van der Waals surface area contributed by atoms with E-state index in [0.717, 1.165) is 6.42 Å². The number of nitrogens with two attached hydrogens (primary N) is 4. The Morgan fingerprint density at radius 1 is 0.897 bits per heavy atom. The molecule has 0 aromatic rings. The first-order valence-electron chi connectivity index (χ1n) is 8.05. The van der Waals surface area contributed by atoms with Gasteiger partial charge < -0.3 is 47.8 Å². The summed E-state index contributed by atoms with van der Waals surface area (Å²) in [6.07, 6.45) is 3.48. The Kier molecular flexibility index (Phi) is 22.0. The van der Waals surface area contributed by atoms with Crippen LogP contribution in [0.3, 0.4) is 0 Å². The number of aliphatic imine (C=N–C) groups is 4. The summed E-state index contributed by atoms with van der Waals surface area (Å²) >= 11 is 0. The number of nitrogens with one attached hydrogen (secondary N) is 1. The molecule has 160 valence electrons. The molecule has 0 saturated heterocycles. The van der Waals surface area contributed by atoms with Crippen LogP contribution < -0.4 is 28.3 Å². The van der Waals surface area contributed by atoms with Crippen LogP contribution in [0.25, 0.3) is 0 Å². The molecular formula is C16H31N9O2U2. The third kappa shape index (κ3) is 25.1. The van der Waals surface area contributed by atoms with Crippen LogP contribution in [-0.4, -0.2) is 43.1 Å². The second-order valence-corrected chi connectivity index (χ2v) is 7.60. The predicted octanol–water partition coefficient (Wildman–Crippen LogP) is -0.520. The van der Waals surface area contributed by atoms with Crippen molar-refractivity contribution in [3.63, 3.8) is 0 Å². The molecule has 0 bridgehead atoms. The van der Waals surface area contributed by atoms with Crippen molar-refractivity contribution in [2.75, 3.05) is 6.54 Å². The third-order valence-corrected chi connectivity index (χ3v) is 2.73. The number of carbonyl (C=O) groups excluding carboxylic acids is 2. The summed E-state index contributed by atoms with van der Waals surface area (Å²) in [7, 11) is 0. The average molecular weight is 858 g/mol. The zero-order valence-corrected chi connectivity index (χ0v) is 26.2. The first-order valence-corrected chi connectivity index (χ1v) is 8.05. The molecule has 0 fully saturated rings. The number of hydrogen-bond acceptors (Lipinski definition) is 3. The largest absolute Gasteiger partial charge is 2.00 e. The maximum atomic E-state index is 9.83. The van der Waals surface area contributed by atoms with Gasteiger partial charge in [0.25, 0.3) is 0 Å². The zero-order chi connectivity index (χ0) is 21.7. The van der Waals surface area contributed by atoms with Gasteiger partial charge in [0.1, 0.15) is 0 Å². The fourth-order valence-corrected chi connectivity index (χ4v) is 1.12. The Morgan fingerprint density at radius 3 is 1.76 bits per heavy atom. The molecule has 0 aliphatic heterocycles. The number of guanidine groups is 3. The Bertz CT molecular complexity index is 604. The van der Waals surface area contributed by atoms with E-state index in [9.17, 15) is 9.59 Å². The van der Waals surface area contributed by atoms with E-state index in [1.807, 2.05) is 20.8 Å². The third-order valence-electron chi connectivity index (χ3n) is 2.73. The van der Waals surface area contributed by atoms with E-state index in [4.69, 9.17) is 22.9 Å². The second kappa shape index (κ2) is 17.9. The van der Waals surface area contributed by atoms with Crippen molar-refractivity contribution in [1.82, 2.24) is 5.32 Å². The minimum atomic E-state index is -0.275. The van der Waals surface area contributed by atoms with Crippen LogP contribution in [0.1, 0.15) is 48.0 Å². The Labute approximate surface area is 220 Å². The van der Waals surface area contributed by atoms with Crippen LogP contribution in [0.5, 0.6) is 0 Å². The number of amides is 2. The number of hydrogen-bond donors (Lipinski definition) is 5. The molecule has 0 unspecified atom stereocenters. The summed E-state index contributed by atoms with van der Waals surface area (Å²) in [5.74, 6) is 0.203. The molecule has 29 heavy (non-hydrogen) atoms. The van der Waals surface area contributed by atoms with Crippen molar-refractivity contribution >= 4 is 36.5 Å². The normalized spacial score (nSPS) is 13.2. The van der Waals surface area contributed by atoms with E-state index < -0.39 is 0 Å². The smallest absolute Gasteiger partial charge is 0.446 e. The van der Waals surface area contributed by atoms with E-state index in [0.29, 0.717) is 12.4 Å². The molecule has 0 aliphatic carbocycles. The summed E-state index contributed by atoms with van der Waals surface area (Å²) in [6, 6.07) is 0. The second-order valence-electron chi connectivity index (χ2n) is 7.60. The minimum Gasteiger partial charge on any atom is -0.446 e. The number of amidine groups is 1. The van der Waals surface area contributed by atoms with Gasteiger partial charge in [0.15, 0.2) is 5.96 Å². The van der Waals surface area contributed by atoms with Crippen molar-refractivity contribution in [1.29, 1.82) is 0 Å². The summed E-state index contributed by atoms with van der Waals surface area (Å²) in [4.78, 5) is 33.5. The monoisotopic (exact) mass is 857 g/mol. The minimum absolute atomic E-state index is 0. The van der Waals surface area contributed by atoms with Gasteiger partial charge in [-0.1, -0.05) is 41.5 Å². The summed E-state index contributed by atoms with van der Waals surface area (Å²) in [6.45, 7) is 12.6. The Morgan fingerprint density at radius 2 is 1.38 bits per heavy atom. The molecule has 0 aromatic heterocycles. The molecule has 0 spiro atoms. The standard InChI is InChI=1S/C9H18N5O.C7H13N4O.2U/c1-9(2,3)4-5-12-7(10)14-8(11)13-6-15;1-7(2,3)5(8)11-6(9)10-4-12;;/h4-5H2,1-3H3,(H5,10,11,12,13,14,15);1-3H3,(H4,8,9,10,11,12);;/q2*-1;;+2. The van der Waals surface area contributed by atoms with E-state index in [-0.39, 0.29) is 90.9 Å². The molecule has 2 amide bonds. The topological polar surface area (TPSA) is 200 Å². The molecule has 0 aromatic carbocycles. The molecule has 13 heteroatoms. The molecule has 0 rings (SSSR count). The van der Waals surface area contributed by atoms with Gasteiger partial charge in [0.2, 0.25) is 0 Å². The van der Waals surface area contributed by atoms with Crippen LogP contribution in [-0.2, 0) is 9.59 Å². The van der Waals surface area contributed by atoms with Crippen LogP contribution in [0.2, 0.25) is 0 Å². The first kappa shape index (κ1) is 35.6. The average Bonchev–Trinajstić information content (AvgIpc) is 2.45. The van der Waals surface area contributed by atoms with E-state index in [1.165, 1.54) is 12.8 Å². The SMILES string of the molecule is CC(C)(C)C(N)=NC(N)=N[C-]=O.CC(C)(C)CCN=C(N)NC(N)=N[C-]=O.[U+2].[U]. The van der Waals surface area contributed by atoms with Gasteiger partial charge in [-0.3, -0.25) is 9.98 Å². The molecule has 11 nitrogen and oxygen atoms in total. The van der Waals surface area contributed by atoms with Gasteiger partial charge in [-0.15, -0.1) is 0 Å².